The van der Waals surface area contributed by atoms with Gasteiger partial charge in [0, 0.05) is 34.7 Å². The lowest BCUT2D eigenvalue weighted by Crippen LogP contribution is -2.14. The quantitative estimate of drug-likeness (QED) is 0.609. The van der Waals surface area contributed by atoms with E-state index in [9.17, 15) is 4.79 Å². The minimum Gasteiger partial charge on any atom is -0.491 e. The lowest BCUT2D eigenvalue weighted by Gasteiger charge is -2.09. The predicted molar refractivity (Wildman–Crippen MR) is 105 cm³/mol. The fourth-order valence-corrected chi connectivity index (χ4v) is 3.38. The number of rotatable bonds is 9. The van der Waals surface area contributed by atoms with Gasteiger partial charge in [-0.2, -0.15) is 0 Å². The number of carbonyl (C=O) groups is 1. The summed E-state index contributed by atoms with van der Waals surface area (Å²) in [6.45, 7) is 0.978. The van der Waals surface area contributed by atoms with Gasteiger partial charge in [-0.15, -0.1) is 11.8 Å². The summed E-state index contributed by atoms with van der Waals surface area (Å²) in [6, 6.07) is 12.6. The summed E-state index contributed by atoms with van der Waals surface area (Å²) in [5.41, 5.74) is 1.66. The molecular weight excluding hydrogens is 381 g/mol. The van der Waals surface area contributed by atoms with Gasteiger partial charge in [-0.3, -0.25) is 4.79 Å². The normalized spacial score (nSPS) is 10.5. The standard InChI is InChI=1S/C18H19Cl2NO3S/c1-23-7-8-24-16-4-2-3-15(10-16)21-18(22)12-25-11-13-5-6-14(19)9-17(13)20/h2-6,9-10H,7-8,11-12H2,1H3,(H,21,22). The number of thioether (sulfide) groups is 1. The minimum atomic E-state index is -0.0795. The molecule has 2 rings (SSSR count). The summed E-state index contributed by atoms with van der Waals surface area (Å²) in [6.07, 6.45) is 0. The Hall–Kier alpha value is -1.40. The molecule has 0 aliphatic carbocycles. The maximum Gasteiger partial charge on any atom is 0.234 e. The Kier molecular flexibility index (Phi) is 8.41. The highest BCUT2D eigenvalue weighted by atomic mass is 35.5. The molecule has 0 saturated heterocycles. The number of hydrogen-bond acceptors (Lipinski definition) is 4. The van der Waals surface area contributed by atoms with Crippen molar-refractivity contribution in [1.82, 2.24) is 0 Å². The van der Waals surface area contributed by atoms with Crippen LogP contribution in [0, 0.1) is 0 Å². The third-order valence-electron chi connectivity index (χ3n) is 3.18. The Morgan fingerprint density at radius 3 is 2.76 bits per heavy atom. The highest BCUT2D eigenvalue weighted by Gasteiger charge is 2.06. The van der Waals surface area contributed by atoms with Crippen molar-refractivity contribution in [1.29, 1.82) is 0 Å². The zero-order valence-corrected chi connectivity index (χ0v) is 16.1. The van der Waals surface area contributed by atoms with Gasteiger partial charge >= 0.3 is 0 Å². The van der Waals surface area contributed by atoms with Crippen molar-refractivity contribution in [2.45, 2.75) is 5.75 Å². The summed E-state index contributed by atoms with van der Waals surface area (Å²) >= 11 is 13.5. The van der Waals surface area contributed by atoms with Crippen LogP contribution in [-0.4, -0.2) is 32.0 Å². The number of benzene rings is 2. The van der Waals surface area contributed by atoms with Gasteiger partial charge in [-0.05, 0) is 29.8 Å². The van der Waals surface area contributed by atoms with Crippen LogP contribution < -0.4 is 10.1 Å². The van der Waals surface area contributed by atoms with Gasteiger partial charge in [0.15, 0.2) is 0 Å². The van der Waals surface area contributed by atoms with E-state index in [1.165, 1.54) is 11.8 Å². The molecule has 4 nitrogen and oxygen atoms in total. The second-order valence-corrected chi connectivity index (χ2v) is 6.98. The highest BCUT2D eigenvalue weighted by Crippen LogP contribution is 2.25. The number of anilines is 1. The van der Waals surface area contributed by atoms with E-state index in [4.69, 9.17) is 32.7 Å². The molecule has 0 unspecified atom stereocenters. The summed E-state index contributed by atoms with van der Waals surface area (Å²) in [5.74, 6) is 1.58. The maximum atomic E-state index is 12.1. The van der Waals surface area contributed by atoms with Gasteiger partial charge in [0.25, 0.3) is 0 Å². The fourth-order valence-electron chi connectivity index (χ4n) is 2.00. The number of nitrogens with one attached hydrogen (secondary N) is 1. The van der Waals surface area contributed by atoms with E-state index < -0.39 is 0 Å². The molecule has 2 aromatic carbocycles. The van der Waals surface area contributed by atoms with Gasteiger partial charge in [0.05, 0.1) is 12.4 Å². The summed E-state index contributed by atoms with van der Waals surface area (Å²) in [7, 11) is 1.62. The van der Waals surface area contributed by atoms with Gasteiger partial charge in [-0.25, -0.2) is 0 Å². The Labute approximate surface area is 161 Å². The zero-order chi connectivity index (χ0) is 18.1. The van der Waals surface area contributed by atoms with E-state index in [1.54, 1.807) is 25.3 Å². The molecule has 0 spiro atoms. The van der Waals surface area contributed by atoms with Gasteiger partial charge < -0.3 is 14.8 Å². The van der Waals surface area contributed by atoms with Crippen LogP contribution in [0.25, 0.3) is 0 Å². The van der Waals surface area contributed by atoms with E-state index in [0.717, 1.165) is 5.56 Å². The van der Waals surface area contributed by atoms with Crippen molar-refractivity contribution < 1.29 is 14.3 Å². The van der Waals surface area contributed by atoms with Crippen LogP contribution in [0.4, 0.5) is 5.69 Å². The van der Waals surface area contributed by atoms with Gasteiger partial charge in [-0.1, -0.05) is 35.3 Å². The Morgan fingerprint density at radius 2 is 2.00 bits per heavy atom. The Bertz CT molecular complexity index is 712. The molecule has 0 aliphatic heterocycles. The molecule has 0 heterocycles. The summed E-state index contributed by atoms with van der Waals surface area (Å²) < 4.78 is 10.5. The molecule has 0 aliphatic rings. The second kappa shape index (κ2) is 10.6. The van der Waals surface area contributed by atoms with Crippen LogP contribution in [0.5, 0.6) is 5.75 Å². The molecule has 0 aromatic heterocycles. The van der Waals surface area contributed by atoms with E-state index in [-0.39, 0.29) is 5.91 Å². The predicted octanol–water partition coefficient (Wildman–Crippen LogP) is 4.89. The molecule has 134 valence electrons. The van der Waals surface area contributed by atoms with E-state index >= 15 is 0 Å². The Morgan fingerprint density at radius 1 is 1.16 bits per heavy atom. The highest BCUT2D eigenvalue weighted by molar-refractivity contribution is 7.99. The maximum absolute atomic E-state index is 12.1. The molecule has 1 amide bonds. The first-order valence-corrected chi connectivity index (χ1v) is 9.53. The number of carbonyl (C=O) groups excluding carboxylic acids is 1. The first-order chi connectivity index (χ1) is 12.1. The van der Waals surface area contributed by atoms with Crippen LogP contribution in [0.1, 0.15) is 5.56 Å². The molecular formula is C18H19Cl2NO3S. The van der Waals surface area contributed by atoms with Crippen LogP contribution in [0.15, 0.2) is 42.5 Å². The van der Waals surface area contributed by atoms with Crippen LogP contribution in [0.2, 0.25) is 10.0 Å². The molecule has 0 fully saturated rings. The van der Waals surface area contributed by atoms with Crippen LogP contribution in [0.3, 0.4) is 0 Å². The molecule has 2 aromatic rings. The monoisotopic (exact) mass is 399 g/mol. The molecule has 1 N–H and O–H groups in total. The van der Waals surface area contributed by atoms with Crippen molar-refractivity contribution in [2.75, 3.05) is 31.4 Å². The number of ether oxygens (including phenoxy) is 2. The number of methoxy groups -OCH3 is 1. The first kappa shape index (κ1) is 19.9. The number of halogens is 2. The molecule has 25 heavy (non-hydrogen) atoms. The van der Waals surface area contributed by atoms with Gasteiger partial charge in [0.2, 0.25) is 5.91 Å². The molecule has 0 radical (unpaired) electrons. The van der Waals surface area contributed by atoms with E-state index in [2.05, 4.69) is 5.32 Å². The minimum absolute atomic E-state index is 0.0795. The first-order valence-electron chi connectivity index (χ1n) is 7.62. The molecule has 0 atom stereocenters. The third-order valence-corrected chi connectivity index (χ3v) is 4.75. The zero-order valence-electron chi connectivity index (χ0n) is 13.8. The molecule has 0 bridgehead atoms. The van der Waals surface area contributed by atoms with E-state index in [0.29, 0.717) is 46.2 Å². The lowest BCUT2D eigenvalue weighted by atomic mass is 10.2. The summed E-state index contributed by atoms with van der Waals surface area (Å²) in [4.78, 5) is 12.1. The fraction of sp³-hybridized carbons (Fsp3) is 0.278. The van der Waals surface area contributed by atoms with Crippen molar-refractivity contribution in [2.24, 2.45) is 0 Å². The number of amides is 1. The topological polar surface area (TPSA) is 47.6 Å². The average Bonchev–Trinajstić information content (AvgIpc) is 2.57. The van der Waals surface area contributed by atoms with Crippen molar-refractivity contribution >= 4 is 46.6 Å². The molecule has 7 heteroatoms. The summed E-state index contributed by atoms with van der Waals surface area (Å²) in [5, 5.41) is 4.07. The smallest absolute Gasteiger partial charge is 0.234 e. The third kappa shape index (κ3) is 7.16. The molecule has 0 saturated carbocycles. The second-order valence-electron chi connectivity index (χ2n) is 5.15. The van der Waals surface area contributed by atoms with Crippen LogP contribution >= 0.6 is 35.0 Å². The number of hydrogen-bond donors (Lipinski definition) is 1. The largest absolute Gasteiger partial charge is 0.491 e. The average molecular weight is 400 g/mol. The van der Waals surface area contributed by atoms with Crippen molar-refractivity contribution in [3.63, 3.8) is 0 Å². The van der Waals surface area contributed by atoms with Crippen LogP contribution in [-0.2, 0) is 15.3 Å². The van der Waals surface area contributed by atoms with E-state index in [1.807, 2.05) is 24.3 Å². The SMILES string of the molecule is COCCOc1cccc(NC(=O)CSCc2ccc(Cl)cc2Cl)c1. The van der Waals surface area contributed by atoms with Gasteiger partial charge in [0.1, 0.15) is 12.4 Å². The Balaban J connectivity index is 1.79. The van der Waals surface area contributed by atoms with Crippen molar-refractivity contribution in [3.8, 4) is 5.75 Å². The van der Waals surface area contributed by atoms with Crippen molar-refractivity contribution in [3.05, 3.63) is 58.1 Å². The lowest BCUT2D eigenvalue weighted by molar-refractivity contribution is -0.113.